The van der Waals surface area contributed by atoms with Crippen LogP contribution in [0, 0.1) is 0 Å². The van der Waals surface area contributed by atoms with Crippen molar-refractivity contribution >= 4 is 34.2 Å². The van der Waals surface area contributed by atoms with E-state index in [1.807, 2.05) is 31.2 Å². The number of nitrogens with zero attached hydrogens (tertiary/aromatic N) is 2. The van der Waals surface area contributed by atoms with E-state index in [0.717, 1.165) is 15.8 Å². The van der Waals surface area contributed by atoms with Crippen molar-refractivity contribution in [2.75, 3.05) is 13.9 Å². The van der Waals surface area contributed by atoms with Crippen molar-refractivity contribution in [2.45, 2.75) is 6.92 Å². The maximum absolute atomic E-state index is 12.9. The zero-order chi connectivity index (χ0) is 21.5. The number of nitrogens with one attached hydrogen (secondary N) is 2. The first-order valence-corrected chi connectivity index (χ1v) is 9.50. The molecular formula is C22H18N4O5. The number of hydrogen-bond acceptors (Lipinski definition) is 6. The molecule has 0 spiro atoms. The standard InChI is InChI=1S/C22H18N4O5/c1-12(7-13-3-6-17-18(8-13)31-11-30-17)10-23-26-21(27)20-19(25-22(26)28)15-9-14(29-2)4-5-16(15)24-20/h3-10,24H,11H2,1-2H3,(H,25,28)/b12-7-,23-10?. The van der Waals surface area contributed by atoms with Crippen LogP contribution in [0.3, 0.4) is 0 Å². The van der Waals surface area contributed by atoms with Gasteiger partial charge in [0.25, 0.3) is 0 Å². The summed E-state index contributed by atoms with van der Waals surface area (Å²) in [5, 5.41) is 4.79. The fourth-order valence-electron chi connectivity index (χ4n) is 3.50. The van der Waals surface area contributed by atoms with Gasteiger partial charge in [-0.25, -0.2) is 4.79 Å². The number of fused-ring (bicyclic) bond motifs is 4. The number of ether oxygens (including phenoxy) is 3. The molecule has 31 heavy (non-hydrogen) atoms. The molecule has 0 bridgehead atoms. The van der Waals surface area contributed by atoms with Gasteiger partial charge >= 0.3 is 11.2 Å². The molecule has 1 aliphatic rings. The zero-order valence-corrected chi connectivity index (χ0v) is 16.8. The van der Waals surface area contributed by atoms with E-state index in [2.05, 4.69) is 15.1 Å². The number of rotatable bonds is 4. The van der Waals surface area contributed by atoms with Gasteiger partial charge in [-0.1, -0.05) is 12.1 Å². The molecule has 9 heteroatoms. The summed E-state index contributed by atoms with van der Waals surface area (Å²) >= 11 is 0. The molecule has 0 saturated carbocycles. The second-order valence-corrected chi connectivity index (χ2v) is 7.08. The van der Waals surface area contributed by atoms with Gasteiger partial charge in [0.15, 0.2) is 11.5 Å². The Hall–Kier alpha value is -4.27. The largest absolute Gasteiger partial charge is 0.497 e. The van der Waals surface area contributed by atoms with Gasteiger partial charge < -0.3 is 24.2 Å². The molecule has 0 aliphatic carbocycles. The highest BCUT2D eigenvalue weighted by atomic mass is 16.7. The van der Waals surface area contributed by atoms with Crippen molar-refractivity contribution in [3.8, 4) is 17.2 Å². The first-order chi connectivity index (χ1) is 15.0. The summed E-state index contributed by atoms with van der Waals surface area (Å²) in [7, 11) is 1.56. The Kier molecular flexibility index (Phi) is 4.36. The van der Waals surface area contributed by atoms with E-state index in [9.17, 15) is 9.59 Å². The lowest BCUT2D eigenvalue weighted by Gasteiger charge is -2.00. The van der Waals surface area contributed by atoms with Gasteiger partial charge in [0.05, 0.1) is 18.8 Å². The molecule has 0 saturated heterocycles. The fraction of sp³-hybridized carbons (Fsp3) is 0.136. The van der Waals surface area contributed by atoms with Gasteiger partial charge in [-0.2, -0.15) is 5.10 Å². The topological polar surface area (TPSA) is 111 Å². The molecule has 2 N–H and O–H groups in total. The van der Waals surface area contributed by atoms with Crippen LogP contribution in [0.2, 0.25) is 0 Å². The Morgan fingerprint density at radius 1 is 1.10 bits per heavy atom. The SMILES string of the molecule is COc1ccc2[nH]c3c(=O)n(N=C/C(C)=C\c4ccc5c(c4)OCO5)c(=O)[nH]c3c2c1. The number of aromatic nitrogens is 3. The molecule has 2 aromatic carbocycles. The Morgan fingerprint density at radius 3 is 2.77 bits per heavy atom. The van der Waals surface area contributed by atoms with E-state index in [1.165, 1.54) is 6.21 Å². The molecule has 0 radical (unpaired) electrons. The van der Waals surface area contributed by atoms with Gasteiger partial charge in [0.1, 0.15) is 11.3 Å². The lowest BCUT2D eigenvalue weighted by atomic mass is 10.1. The Balaban J connectivity index is 1.52. The average Bonchev–Trinajstić information content (AvgIpc) is 3.37. The third-order valence-corrected chi connectivity index (χ3v) is 5.00. The van der Waals surface area contributed by atoms with E-state index in [-0.39, 0.29) is 12.3 Å². The predicted molar refractivity (Wildman–Crippen MR) is 117 cm³/mol. The lowest BCUT2D eigenvalue weighted by molar-refractivity contribution is 0.174. The van der Waals surface area contributed by atoms with Crippen LogP contribution in [0.4, 0.5) is 0 Å². The Morgan fingerprint density at radius 2 is 1.94 bits per heavy atom. The second-order valence-electron chi connectivity index (χ2n) is 7.08. The predicted octanol–water partition coefficient (Wildman–Crippen LogP) is 2.85. The van der Waals surface area contributed by atoms with Gasteiger partial charge in [-0.15, -0.1) is 4.68 Å². The summed E-state index contributed by atoms with van der Waals surface area (Å²) in [6, 6.07) is 10.9. The maximum Gasteiger partial charge on any atom is 0.350 e. The lowest BCUT2D eigenvalue weighted by Crippen LogP contribution is -2.32. The highest BCUT2D eigenvalue weighted by Gasteiger charge is 2.14. The Bertz CT molecular complexity index is 1510. The summed E-state index contributed by atoms with van der Waals surface area (Å²) in [5.41, 5.74) is 1.85. The van der Waals surface area contributed by atoms with Gasteiger partial charge in [-0.05, 0) is 48.4 Å². The summed E-state index contributed by atoms with van der Waals surface area (Å²) < 4.78 is 16.7. The van der Waals surface area contributed by atoms with Gasteiger partial charge in [0.2, 0.25) is 6.79 Å². The Labute approximate surface area is 175 Å². The maximum atomic E-state index is 12.9. The average molecular weight is 418 g/mol. The van der Waals surface area contributed by atoms with Crippen LogP contribution in [-0.4, -0.2) is 34.8 Å². The molecule has 0 atom stereocenters. The first kappa shape index (κ1) is 18.7. The minimum absolute atomic E-state index is 0.206. The zero-order valence-electron chi connectivity index (χ0n) is 16.8. The summed E-state index contributed by atoms with van der Waals surface area (Å²) in [6.45, 7) is 2.03. The van der Waals surface area contributed by atoms with E-state index in [4.69, 9.17) is 14.2 Å². The van der Waals surface area contributed by atoms with Gasteiger partial charge in [0, 0.05) is 10.9 Å². The summed E-state index contributed by atoms with van der Waals surface area (Å²) in [5.74, 6) is 2.00. The van der Waals surface area contributed by atoms with Crippen LogP contribution in [0.15, 0.2) is 56.7 Å². The number of hydrogen-bond donors (Lipinski definition) is 2. The van der Waals surface area contributed by atoms with Crippen LogP contribution < -0.4 is 25.5 Å². The van der Waals surface area contributed by atoms with Crippen molar-refractivity contribution < 1.29 is 14.2 Å². The molecule has 0 amide bonds. The third-order valence-electron chi connectivity index (χ3n) is 5.00. The molecule has 156 valence electrons. The van der Waals surface area contributed by atoms with Gasteiger partial charge in [-0.3, -0.25) is 4.79 Å². The molecule has 2 aromatic heterocycles. The van der Waals surface area contributed by atoms with Crippen molar-refractivity contribution in [3.63, 3.8) is 0 Å². The monoisotopic (exact) mass is 418 g/mol. The summed E-state index contributed by atoms with van der Waals surface area (Å²) in [4.78, 5) is 31.2. The first-order valence-electron chi connectivity index (χ1n) is 9.50. The minimum Gasteiger partial charge on any atom is -0.497 e. The summed E-state index contributed by atoms with van der Waals surface area (Å²) in [6.07, 6.45) is 3.32. The molecule has 5 rings (SSSR count). The van der Waals surface area contributed by atoms with Crippen LogP contribution in [-0.2, 0) is 0 Å². The number of H-pyrrole nitrogens is 2. The quantitative estimate of drug-likeness (QED) is 0.495. The highest BCUT2D eigenvalue weighted by molar-refractivity contribution is 6.04. The molecule has 1 aliphatic heterocycles. The van der Waals surface area contributed by atoms with E-state index in [0.29, 0.717) is 33.7 Å². The number of aromatic amines is 2. The van der Waals surface area contributed by atoms with Crippen molar-refractivity contribution in [2.24, 2.45) is 5.10 Å². The normalized spacial score (nSPS) is 13.5. The molecule has 9 nitrogen and oxygen atoms in total. The van der Waals surface area contributed by atoms with Crippen LogP contribution >= 0.6 is 0 Å². The molecular weight excluding hydrogens is 400 g/mol. The molecule has 3 heterocycles. The van der Waals surface area contributed by atoms with Crippen molar-refractivity contribution in [1.29, 1.82) is 0 Å². The van der Waals surface area contributed by atoms with E-state index < -0.39 is 11.2 Å². The molecule has 4 aromatic rings. The third kappa shape index (κ3) is 3.25. The fourth-order valence-corrected chi connectivity index (χ4v) is 3.50. The number of methoxy groups -OCH3 is 1. The van der Waals surface area contributed by atoms with Crippen LogP contribution in [0.1, 0.15) is 12.5 Å². The van der Waals surface area contributed by atoms with E-state index >= 15 is 0 Å². The highest BCUT2D eigenvalue weighted by Crippen LogP contribution is 2.33. The van der Waals surface area contributed by atoms with Crippen LogP contribution in [0.25, 0.3) is 28.0 Å². The van der Waals surface area contributed by atoms with Crippen LogP contribution in [0.5, 0.6) is 17.2 Å². The van der Waals surface area contributed by atoms with Crippen molar-refractivity contribution in [3.05, 3.63) is 68.4 Å². The minimum atomic E-state index is -0.631. The molecule has 0 unspecified atom stereocenters. The molecule has 0 fully saturated rings. The second kappa shape index (κ2) is 7.21. The van der Waals surface area contributed by atoms with E-state index in [1.54, 1.807) is 25.3 Å². The number of benzene rings is 2. The van der Waals surface area contributed by atoms with Crippen molar-refractivity contribution in [1.82, 2.24) is 14.6 Å². The number of allylic oxidation sites excluding steroid dienone is 1. The smallest absolute Gasteiger partial charge is 0.350 e.